The van der Waals surface area contributed by atoms with Gasteiger partial charge < -0.3 is 9.64 Å². The Morgan fingerprint density at radius 2 is 2.23 bits per heavy atom. The van der Waals surface area contributed by atoms with E-state index in [-0.39, 0.29) is 12.0 Å². The van der Waals surface area contributed by atoms with Crippen LogP contribution in [-0.4, -0.2) is 40.8 Å². The van der Waals surface area contributed by atoms with E-state index in [9.17, 15) is 9.59 Å². The molecule has 0 unspecified atom stereocenters. The molecule has 2 heterocycles. The zero-order valence-electron chi connectivity index (χ0n) is 14.8. The van der Waals surface area contributed by atoms with Crippen LogP contribution in [0.2, 0.25) is 0 Å². The van der Waals surface area contributed by atoms with Crippen LogP contribution in [0.1, 0.15) is 34.8 Å². The van der Waals surface area contributed by atoms with E-state index < -0.39 is 0 Å². The quantitative estimate of drug-likeness (QED) is 0.780. The SMILES string of the molecule is CCOC(=O)N1CCc2nc(NC(=O)c3cccc(SCC)c3)sc2C1. The molecule has 8 heteroatoms. The van der Waals surface area contributed by atoms with E-state index in [4.69, 9.17) is 4.74 Å². The summed E-state index contributed by atoms with van der Waals surface area (Å²) in [5.41, 5.74) is 1.56. The molecule has 0 aliphatic carbocycles. The first kappa shape index (κ1) is 18.7. The highest BCUT2D eigenvalue weighted by Gasteiger charge is 2.25. The van der Waals surface area contributed by atoms with Crippen LogP contribution in [0.5, 0.6) is 0 Å². The Morgan fingerprint density at radius 1 is 1.38 bits per heavy atom. The van der Waals surface area contributed by atoms with Crippen LogP contribution in [0.25, 0.3) is 0 Å². The molecule has 0 fully saturated rings. The number of hydrogen-bond donors (Lipinski definition) is 1. The Hall–Kier alpha value is -2.06. The van der Waals surface area contributed by atoms with E-state index in [0.29, 0.717) is 36.8 Å². The van der Waals surface area contributed by atoms with Crippen LogP contribution >= 0.6 is 23.1 Å². The van der Waals surface area contributed by atoms with Gasteiger partial charge in [0.1, 0.15) is 0 Å². The van der Waals surface area contributed by atoms with Crippen LogP contribution in [0, 0.1) is 0 Å². The van der Waals surface area contributed by atoms with Crippen molar-refractivity contribution in [2.75, 3.05) is 24.2 Å². The van der Waals surface area contributed by atoms with Crippen LogP contribution in [0.3, 0.4) is 0 Å². The number of nitrogens with zero attached hydrogens (tertiary/aromatic N) is 2. The number of carbonyl (C=O) groups is 2. The van der Waals surface area contributed by atoms with Crippen molar-refractivity contribution in [2.45, 2.75) is 31.7 Å². The van der Waals surface area contributed by atoms with E-state index in [1.54, 1.807) is 29.7 Å². The van der Waals surface area contributed by atoms with E-state index in [0.717, 1.165) is 21.2 Å². The van der Waals surface area contributed by atoms with Crippen molar-refractivity contribution in [3.05, 3.63) is 40.4 Å². The van der Waals surface area contributed by atoms with E-state index in [2.05, 4.69) is 17.2 Å². The lowest BCUT2D eigenvalue weighted by Gasteiger charge is -2.24. The average molecular weight is 392 g/mol. The van der Waals surface area contributed by atoms with Crippen LogP contribution < -0.4 is 5.32 Å². The lowest BCUT2D eigenvalue weighted by Crippen LogP contribution is -2.35. The maximum absolute atomic E-state index is 12.5. The fourth-order valence-electron chi connectivity index (χ4n) is 2.68. The molecule has 0 bridgehead atoms. The third-order valence-corrected chi connectivity index (χ3v) is 5.76. The highest BCUT2D eigenvalue weighted by atomic mass is 32.2. The van der Waals surface area contributed by atoms with Crippen molar-refractivity contribution in [1.29, 1.82) is 0 Å². The van der Waals surface area contributed by atoms with Gasteiger partial charge in [-0.3, -0.25) is 10.1 Å². The van der Waals surface area contributed by atoms with Crippen LogP contribution in [-0.2, 0) is 17.7 Å². The number of benzene rings is 1. The standard InChI is InChI=1S/C18H21N3O3S2/c1-3-24-18(23)21-9-8-14-15(11-21)26-17(19-14)20-16(22)12-6-5-7-13(10-12)25-4-2/h5-7,10H,3-4,8-9,11H2,1-2H3,(H,19,20,22). The summed E-state index contributed by atoms with van der Waals surface area (Å²) in [5, 5.41) is 3.45. The fourth-order valence-corrected chi connectivity index (χ4v) is 4.42. The Kier molecular flexibility index (Phi) is 6.16. The van der Waals surface area contributed by atoms with Crippen molar-refractivity contribution in [1.82, 2.24) is 9.88 Å². The number of thiazole rings is 1. The van der Waals surface area contributed by atoms with Gasteiger partial charge in [0.05, 0.1) is 18.8 Å². The number of fused-ring (bicyclic) bond motifs is 1. The first-order valence-corrected chi connectivity index (χ1v) is 10.4. The van der Waals surface area contributed by atoms with Gasteiger partial charge in [0.25, 0.3) is 5.91 Å². The summed E-state index contributed by atoms with van der Waals surface area (Å²) in [6.07, 6.45) is 0.366. The van der Waals surface area contributed by atoms with Crippen molar-refractivity contribution < 1.29 is 14.3 Å². The first-order chi connectivity index (χ1) is 12.6. The minimum absolute atomic E-state index is 0.170. The van der Waals surface area contributed by atoms with E-state index in [1.165, 1.54) is 11.3 Å². The molecule has 0 spiro atoms. The lowest BCUT2D eigenvalue weighted by molar-refractivity contribution is 0.102. The minimum Gasteiger partial charge on any atom is -0.450 e. The zero-order chi connectivity index (χ0) is 18.5. The van der Waals surface area contributed by atoms with Crippen LogP contribution in [0.4, 0.5) is 9.93 Å². The van der Waals surface area contributed by atoms with E-state index in [1.807, 2.05) is 18.2 Å². The molecular formula is C18H21N3O3S2. The summed E-state index contributed by atoms with van der Waals surface area (Å²) < 4.78 is 5.06. The van der Waals surface area contributed by atoms with Gasteiger partial charge in [0, 0.05) is 28.3 Å². The number of carbonyl (C=O) groups excluding carboxylic acids is 2. The highest BCUT2D eigenvalue weighted by molar-refractivity contribution is 7.99. The highest BCUT2D eigenvalue weighted by Crippen LogP contribution is 2.29. The second-order valence-electron chi connectivity index (χ2n) is 5.67. The summed E-state index contributed by atoms with van der Waals surface area (Å²) >= 11 is 3.11. The molecule has 1 aliphatic rings. The number of anilines is 1. The largest absolute Gasteiger partial charge is 0.450 e. The summed E-state index contributed by atoms with van der Waals surface area (Å²) in [4.78, 5) is 32.6. The van der Waals surface area contributed by atoms with Crippen molar-refractivity contribution in [3.63, 3.8) is 0 Å². The van der Waals surface area contributed by atoms with Crippen molar-refractivity contribution in [3.8, 4) is 0 Å². The lowest BCUT2D eigenvalue weighted by atomic mass is 10.2. The number of thioether (sulfide) groups is 1. The number of rotatable bonds is 5. The number of nitrogens with one attached hydrogen (secondary N) is 1. The molecule has 0 atom stereocenters. The Bertz CT molecular complexity index is 807. The molecule has 1 aromatic carbocycles. The third-order valence-electron chi connectivity index (χ3n) is 3.88. The molecule has 0 saturated heterocycles. The summed E-state index contributed by atoms with van der Waals surface area (Å²) in [7, 11) is 0. The average Bonchev–Trinajstić information content (AvgIpc) is 3.03. The first-order valence-electron chi connectivity index (χ1n) is 8.55. The molecule has 2 aromatic rings. The molecule has 138 valence electrons. The van der Waals surface area contributed by atoms with Gasteiger partial charge >= 0.3 is 6.09 Å². The van der Waals surface area contributed by atoms with Gasteiger partial charge in [-0.15, -0.1) is 11.8 Å². The molecule has 1 aromatic heterocycles. The minimum atomic E-state index is -0.303. The number of ether oxygens (including phenoxy) is 1. The number of amides is 2. The van der Waals surface area contributed by atoms with Gasteiger partial charge in [-0.05, 0) is 30.9 Å². The zero-order valence-corrected chi connectivity index (χ0v) is 16.4. The summed E-state index contributed by atoms with van der Waals surface area (Å²) in [5.74, 6) is 0.790. The topological polar surface area (TPSA) is 71.5 Å². The van der Waals surface area contributed by atoms with E-state index >= 15 is 0 Å². The normalized spacial score (nSPS) is 13.2. The molecule has 3 rings (SSSR count). The Morgan fingerprint density at radius 3 is 3.00 bits per heavy atom. The van der Waals surface area contributed by atoms with Gasteiger partial charge in [-0.25, -0.2) is 9.78 Å². The van der Waals surface area contributed by atoms with Gasteiger partial charge in [-0.2, -0.15) is 0 Å². The van der Waals surface area contributed by atoms with Gasteiger partial charge in [-0.1, -0.05) is 24.3 Å². The summed E-state index contributed by atoms with van der Waals surface area (Å²) in [6, 6.07) is 7.57. The van der Waals surface area contributed by atoms with Gasteiger partial charge in [0.2, 0.25) is 0 Å². The number of hydrogen-bond acceptors (Lipinski definition) is 6. The maximum Gasteiger partial charge on any atom is 0.410 e. The fraction of sp³-hybridized carbons (Fsp3) is 0.389. The molecule has 2 amide bonds. The molecule has 1 N–H and O–H groups in total. The number of aromatic nitrogens is 1. The van der Waals surface area contributed by atoms with Crippen molar-refractivity contribution in [2.24, 2.45) is 0 Å². The van der Waals surface area contributed by atoms with Crippen molar-refractivity contribution >= 4 is 40.2 Å². The maximum atomic E-state index is 12.5. The third kappa shape index (κ3) is 4.37. The Balaban J connectivity index is 1.68. The van der Waals surface area contributed by atoms with Gasteiger partial charge in [0.15, 0.2) is 5.13 Å². The molecule has 0 radical (unpaired) electrons. The smallest absolute Gasteiger partial charge is 0.410 e. The molecular weight excluding hydrogens is 370 g/mol. The summed E-state index contributed by atoms with van der Waals surface area (Å²) in [6.45, 7) is 5.30. The second-order valence-corrected chi connectivity index (χ2v) is 8.10. The Labute approximate surface area is 160 Å². The predicted octanol–water partition coefficient (Wildman–Crippen LogP) is 4.02. The predicted molar refractivity (Wildman–Crippen MR) is 104 cm³/mol. The molecule has 26 heavy (non-hydrogen) atoms. The molecule has 0 saturated carbocycles. The second kappa shape index (κ2) is 8.55. The molecule has 6 nitrogen and oxygen atoms in total. The monoisotopic (exact) mass is 391 g/mol. The molecule has 1 aliphatic heterocycles. The van der Waals surface area contributed by atoms with Crippen LogP contribution in [0.15, 0.2) is 29.2 Å².